The van der Waals surface area contributed by atoms with E-state index in [1.165, 1.54) is 7.05 Å². The van der Waals surface area contributed by atoms with E-state index in [1.807, 2.05) is 0 Å². The van der Waals surface area contributed by atoms with E-state index in [2.05, 4.69) is 0 Å². The molecule has 84 valence electrons. The summed E-state index contributed by atoms with van der Waals surface area (Å²) in [6, 6.07) is 0. The van der Waals surface area contributed by atoms with Gasteiger partial charge in [-0.05, 0) is 20.8 Å². The molecule has 0 aromatic rings. The van der Waals surface area contributed by atoms with Gasteiger partial charge in [-0.25, -0.2) is 0 Å². The largest absolute Gasteiger partial charge is 0.459 e. The normalized spacial score (nSPS) is 22.1. The van der Waals surface area contributed by atoms with Gasteiger partial charge in [0.2, 0.25) is 11.8 Å². The lowest BCUT2D eigenvalue weighted by Crippen LogP contribution is -2.33. The molecule has 1 saturated heterocycles. The highest BCUT2D eigenvalue weighted by atomic mass is 16.6. The highest BCUT2D eigenvalue weighted by Gasteiger charge is 2.42. The van der Waals surface area contributed by atoms with Crippen molar-refractivity contribution in [3.05, 3.63) is 0 Å². The van der Waals surface area contributed by atoms with Gasteiger partial charge in [-0.3, -0.25) is 19.3 Å². The summed E-state index contributed by atoms with van der Waals surface area (Å²) in [6.07, 6.45) is -0.0791. The van der Waals surface area contributed by atoms with Gasteiger partial charge in [0, 0.05) is 13.5 Å². The molecule has 0 N–H and O–H groups in total. The summed E-state index contributed by atoms with van der Waals surface area (Å²) in [5.74, 6) is -2.39. The molecule has 0 aromatic heterocycles. The predicted molar refractivity (Wildman–Crippen MR) is 51.7 cm³/mol. The smallest absolute Gasteiger partial charge is 0.319 e. The topological polar surface area (TPSA) is 63.7 Å². The number of imide groups is 1. The zero-order valence-corrected chi connectivity index (χ0v) is 9.36. The van der Waals surface area contributed by atoms with Crippen LogP contribution in [0.4, 0.5) is 0 Å². The summed E-state index contributed by atoms with van der Waals surface area (Å²) in [5.41, 5.74) is -0.637. The molecular weight excluding hydrogens is 198 g/mol. The van der Waals surface area contributed by atoms with E-state index in [0.29, 0.717) is 0 Å². The molecule has 1 aliphatic rings. The summed E-state index contributed by atoms with van der Waals surface area (Å²) >= 11 is 0. The van der Waals surface area contributed by atoms with Crippen molar-refractivity contribution in [2.75, 3.05) is 7.05 Å². The fourth-order valence-corrected chi connectivity index (χ4v) is 1.31. The SMILES string of the molecule is CN1C(=O)CC(C(=O)OC(C)(C)C)C1=O. The first-order valence-electron chi connectivity index (χ1n) is 4.75. The molecule has 1 rings (SSSR count). The van der Waals surface area contributed by atoms with Gasteiger partial charge in [-0.1, -0.05) is 0 Å². The molecule has 1 unspecified atom stereocenters. The first kappa shape index (κ1) is 11.7. The Hall–Kier alpha value is -1.39. The van der Waals surface area contributed by atoms with Crippen molar-refractivity contribution in [2.24, 2.45) is 5.92 Å². The molecular formula is C10H15NO4. The average Bonchev–Trinajstić information content (AvgIpc) is 2.30. The molecule has 0 spiro atoms. The second-order valence-corrected chi connectivity index (χ2v) is 4.58. The van der Waals surface area contributed by atoms with E-state index in [-0.39, 0.29) is 12.3 Å². The Labute approximate surface area is 88.4 Å². The number of likely N-dealkylation sites (tertiary alicyclic amines) is 1. The van der Waals surface area contributed by atoms with Gasteiger partial charge in [-0.15, -0.1) is 0 Å². The Balaban J connectivity index is 2.71. The number of esters is 1. The summed E-state index contributed by atoms with van der Waals surface area (Å²) < 4.78 is 5.05. The van der Waals surface area contributed by atoms with Crippen LogP contribution in [-0.4, -0.2) is 35.3 Å². The van der Waals surface area contributed by atoms with Gasteiger partial charge in [0.1, 0.15) is 11.5 Å². The fraction of sp³-hybridized carbons (Fsp3) is 0.700. The maximum absolute atomic E-state index is 11.5. The van der Waals surface area contributed by atoms with Crippen molar-refractivity contribution < 1.29 is 19.1 Å². The molecule has 0 radical (unpaired) electrons. The Morgan fingerprint density at radius 2 is 1.93 bits per heavy atom. The van der Waals surface area contributed by atoms with E-state index < -0.39 is 23.4 Å². The summed E-state index contributed by atoms with van der Waals surface area (Å²) in [5, 5.41) is 0. The predicted octanol–water partition coefficient (Wildman–Crippen LogP) is 0.333. The van der Waals surface area contributed by atoms with Crippen molar-refractivity contribution in [2.45, 2.75) is 32.8 Å². The lowest BCUT2D eigenvalue weighted by molar-refractivity contribution is -0.162. The Bertz CT molecular complexity index is 316. The molecule has 1 aliphatic heterocycles. The second-order valence-electron chi connectivity index (χ2n) is 4.58. The molecule has 1 atom stereocenters. The number of hydrogen-bond acceptors (Lipinski definition) is 4. The molecule has 2 amide bonds. The molecule has 1 heterocycles. The highest BCUT2D eigenvalue weighted by Crippen LogP contribution is 2.21. The lowest BCUT2D eigenvalue weighted by Gasteiger charge is -2.21. The third kappa shape index (κ3) is 2.55. The van der Waals surface area contributed by atoms with Crippen LogP contribution in [0.15, 0.2) is 0 Å². The van der Waals surface area contributed by atoms with E-state index >= 15 is 0 Å². The Kier molecular flexibility index (Phi) is 2.83. The summed E-state index contributed by atoms with van der Waals surface area (Å²) in [4.78, 5) is 35.1. The number of amides is 2. The molecule has 0 aromatic carbocycles. The van der Waals surface area contributed by atoms with Crippen LogP contribution in [0.1, 0.15) is 27.2 Å². The zero-order valence-electron chi connectivity index (χ0n) is 9.36. The molecule has 5 heteroatoms. The minimum atomic E-state index is -0.957. The van der Waals surface area contributed by atoms with Gasteiger partial charge < -0.3 is 4.74 Å². The minimum Gasteiger partial charge on any atom is -0.459 e. The second kappa shape index (κ2) is 3.64. The molecule has 1 fully saturated rings. The lowest BCUT2D eigenvalue weighted by atomic mass is 10.1. The summed E-state index contributed by atoms with van der Waals surface area (Å²) in [7, 11) is 1.37. The van der Waals surface area contributed by atoms with Crippen LogP contribution in [0.5, 0.6) is 0 Å². The standard InChI is InChI=1S/C10H15NO4/c1-10(2,3)15-9(14)6-5-7(12)11(4)8(6)13/h6H,5H2,1-4H3. The van der Waals surface area contributed by atoms with Crippen molar-refractivity contribution in [3.8, 4) is 0 Å². The van der Waals surface area contributed by atoms with Crippen LogP contribution >= 0.6 is 0 Å². The van der Waals surface area contributed by atoms with Crippen LogP contribution in [0.3, 0.4) is 0 Å². The highest BCUT2D eigenvalue weighted by molar-refractivity contribution is 6.12. The van der Waals surface area contributed by atoms with E-state index in [0.717, 1.165) is 4.90 Å². The third-order valence-electron chi connectivity index (χ3n) is 2.07. The van der Waals surface area contributed by atoms with Gasteiger partial charge in [0.05, 0.1) is 0 Å². The van der Waals surface area contributed by atoms with Crippen molar-refractivity contribution >= 4 is 17.8 Å². The summed E-state index contributed by atoms with van der Waals surface area (Å²) in [6.45, 7) is 5.15. The number of rotatable bonds is 1. The van der Waals surface area contributed by atoms with Crippen molar-refractivity contribution in [1.82, 2.24) is 4.90 Å². The molecule has 0 saturated carbocycles. The number of hydrogen-bond donors (Lipinski definition) is 0. The van der Waals surface area contributed by atoms with E-state index in [9.17, 15) is 14.4 Å². The fourth-order valence-electron chi connectivity index (χ4n) is 1.31. The molecule has 0 aliphatic carbocycles. The number of carbonyl (C=O) groups is 3. The minimum absolute atomic E-state index is 0.0791. The maximum Gasteiger partial charge on any atom is 0.319 e. The maximum atomic E-state index is 11.5. The number of carbonyl (C=O) groups excluding carboxylic acids is 3. The first-order chi connectivity index (χ1) is 6.72. The van der Waals surface area contributed by atoms with E-state index in [4.69, 9.17) is 4.74 Å². The van der Waals surface area contributed by atoms with Gasteiger partial charge in [-0.2, -0.15) is 0 Å². The average molecular weight is 213 g/mol. The van der Waals surface area contributed by atoms with Crippen LogP contribution in [0.25, 0.3) is 0 Å². The van der Waals surface area contributed by atoms with Crippen molar-refractivity contribution in [3.63, 3.8) is 0 Å². The van der Waals surface area contributed by atoms with Gasteiger partial charge in [0.25, 0.3) is 0 Å². The van der Waals surface area contributed by atoms with Crippen LogP contribution < -0.4 is 0 Å². The zero-order chi connectivity index (χ0) is 11.8. The van der Waals surface area contributed by atoms with Crippen LogP contribution in [0, 0.1) is 5.92 Å². The van der Waals surface area contributed by atoms with Crippen LogP contribution in [0.2, 0.25) is 0 Å². The Morgan fingerprint density at radius 1 is 1.40 bits per heavy atom. The molecule has 0 bridgehead atoms. The van der Waals surface area contributed by atoms with Crippen molar-refractivity contribution in [1.29, 1.82) is 0 Å². The molecule has 15 heavy (non-hydrogen) atoms. The van der Waals surface area contributed by atoms with E-state index in [1.54, 1.807) is 20.8 Å². The third-order valence-corrected chi connectivity index (χ3v) is 2.07. The van der Waals surface area contributed by atoms with Gasteiger partial charge >= 0.3 is 5.97 Å². The number of nitrogens with zero attached hydrogens (tertiary/aromatic N) is 1. The monoisotopic (exact) mass is 213 g/mol. The van der Waals surface area contributed by atoms with Crippen LogP contribution in [-0.2, 0) is 19.1 Å². The molecule has 5 nitrogen and oxygen atoms in total. The Morgan fingerprint density at radius 3 is 2.27 bits per heavy atom. The quantitative estimate of drug-likeness (QED) is 0.358. The number of ether oxygens (including phenoxy) is 1. The first-order valence-corrected chi connectivity index (χ1v) is 4.75. The van der Waals surface area contributed by atoms with Gasteiger partial charge in [0.15, 0.2) is 0 Å².